The number of methoxy groups -OCH3 is 2. The number of hydrogen-bond acceptors (Lipinski definition) is 8. The molecular formula is C26H24N2O6S. The van der Waals surface area contributed by atoms with Crippen LogP contribution in [0, 0.1) is 20.8 Å². The maximum absolute atomic E-state index is 13.3. The van der Waals surface area contributed by atoms with E-state index in [2.05, 4.69) is 4.98 Å². The van der Waals surface area contributed by atoms with Crippen LogP contribution in [0.3, 0.4) is 0 Å². The zero-order chi connectivity index (χ0) is 25.4. The molecule has 1 saturated heterocycles. The Morgan fingerprint density at radius 3 is 2.37 bits per heavy atom. The fraction of sp³-hybridized carbons (Fsp3) is 0.231. The van der Waals surface area contributed by atoms with Gasteiger partial charge in [0.25, 0.3) is 5.78 Å². The standard InChI is InChI=1S/C26H24N2O6S/c1-13-6-7-14(2)18(12-13)21(29)19-20(16-8-10-17(33-4)11-9-16)28(24(31)22(19)30)26-27-15(3)23(35-26)25(32)34-5/h6-12,20,29H,1-5H3/b21-19+. The van der Waals surface area contributed by atoms with Crippen molar-refractivity contribution in [3.8, 4) is 5.75 Å². The van der Waals surface area contributed by atoms with Crippen LogP contribution in [-0.2, 0) is 14.3 Å². The maximum atomic E-state index is 13.3. The van der Waals surface area contributed by atoms with Gasteiger partial charge in [0.2, 0.25) is 0 Å². The molecule has 2 heterocycles. The summed E-state index contributed by atoms with van der Waals surface area (Å²) in [5.74, 6) is -1.94. The van der Waals surface area contributed by atoms with Crippen LogP contribution in [0.5, 0.6) is 5.75 Å². The number of ketones is 1. The van der Waals surface area contributed by atoms with Crippen LogP contribution in [0.2, 0.25) is 0 Å². The highest BCUT2D eigenvalue weighted by Gasteiger charge is 2.48. The minimum atomic E-state index is -0.961. The summed E-state index contributed by atoms with van der Waals surface area (Å²) in [6.45, 7) is 5.32. The van der Waals surface area contributed by atoms with Crippen molar-refractivity contribution in [3.05, 3.63) is 80.9 Å². The molecule has 1 aliphatic heterocycles. The van der Waals surface area contributed by atoms with E-state index in [0.717, 1.165) is 22.5 Å². The summed E-state index contributed by atoms with van der Waals surface area (Å²) in [5.41, 5.74) is 3.01. The first-order chi connectivity index (χ1) is 16.7. The Bertz CT molecular complexity index is 1370. The third-order valence-corrected chi connectivity index (χ3v) is 7.02. The normalized spacial score (nSPS) is 17.1. The van der Waals surface area contributed by atoms with Crippen molar-refractivity contribution in [1.29, 1.82) is 0 Å². The summed E-state index contributed by atoms with van der Waals surface area (Å²) in [4.78, 5) is 44.7. The molecule has 35 heavy (non-hydrogen) atoms. The van der Waals surface area contributed by atoms with Crippen LogP contribution < -0.4 is 9.64 Å². The smallest absolute Gasteiger partial charge is 0.350 e. The van der Waals surface area contributed by atoms with Crippen LogP contribution in [0.25, 0.3) is 5.76 Å². The molecule has 3 aromatic rings. The molecule has 1 aromatic heterocycles. The molecule has 8 nitrogen and oxygen atoms in total. The highest BCUT2D eigenvalue weighted by atomic mass is 32.1. The molecule has 9 heteroatoms. The van der Waals surface area contributed by atoms with Crippen molar-refractivity contribution in [3.63, 3.8) is 0 Å². The third-order valence-electron chi connectivity index (χ3n) is 5.89. The summed E-state index contributed by atoms with van der Waals surface area (Å²) in [6.07, 6.45) is 0. The third kappa shape index (κ3) is 4.19. The average molecular weight is 493 g/mol. The topological polar surface area (TPSA) is 106 Å². The molecule has 0 aliphatic carbocycles. The SMILES string of the molecule is COC(=O)c1sc(N2C(=O)C(=O)/C(=C(/O)c3cc(C)ccc3C)C2c2ccc(OC)cc2)nc1C. The van der Waals surface area contributed by atoms with E-state index in [1.54, 1.807) is 37.3 Å². The van der Waals surface area contributed by atoms with Gasteiger partial charge in [-0.1, -0.05) is 41.2 Å². The first-order valence-electron chi connectivity index (χ1n) is 10.8. The Morgan fingerprint density at radius 2 is 1.74 bits per heavy atom. The van der Waals surface area contributed by atoms with E-state index < -0.39 is 23.7 Å². The molecule has 0 spiro atoms. The number of thiazole rings is 1. The van der Waals surface area contributed by atoms with Gasteiger partial charge >= 0.3 is 11.9 Å². The number of aliphatic hydroxyl groups excluding tert-OH is 1. The average Bonchev–Trinajstić information content (AvgIpc) is 3.36. The quantitative estimate of drug-likeness (QED) is 0.242. The molecule has 0 radical (unpaired) electrons. The summed E-state index contributed by atoms with van der Waals surface area (Å²) >= 11 is 0.955. The molecule has 1 fully saturated rings. The molecule has 2 aromatic carbocycles. The van der Waals surface area contributed by atoms with E-state index in [9.17, 15) is 19.5 Å². The fourth-order valence-corrected chi connectivity index (χ4v) is 5.05. The Labute approximate surface area is 206 Å². The molecule has 1 unspecified atom stereocenters. The van der Waals surface area contributed by atoms with Crippen LogP contribution >= 0.6 is 11.3 Å². The molecule has 1 atom stereocenters. The van der Waals surface area contributed by atoms with Gasteiger partial charge in [0.1, 0.15) is 16.4 Å². The zero-order valence-electron chi connectivity index (χ0n) is 19.9. The van der Waals surface area contributed by atoms with Crippen LogP contribution in [0.1, 0.15) is 43.7 Å². The molecule has 1 N–H and O–H groups in total. The van der Waals surface area contributed by atoms with Crippen LogP contribution in [0.15, 0.2) is 48.0 Å². The lowest BCUT2D eigenvalue weighted by Crippen LogP contribution is -2.29. The largest absolute Gasteiger partial charge is 0.507 e. The number of hydrogen-bond donors (Lipinski definition) is 1. The second kappa shape index (κ2) is 9.34. The number of carbonyl (C=O) groups excluding carboxylic acids is 3. The minimum absolute atomic E-state index is 0.0543. The summed E-state index contributed by atoms with van der Waals surface area (Å²) < 4.78 is 10.1. The van der Waals surface area contributed by atoms with Gasteiger partial charge in [-0.25, -0.2) is 9.78 Å². The molecule has 180 valence electrons. The number of aryl methyl sites for hydroxylation is 3. The van der Waals surface area contributed by atoms with E-state index in [1.165, 1.54) is 19.1 Å². The Hall–Kier alpha value is -3.98. The van der Waals surface area contributed by atoms with Gasteiger partial charge in [-0.3, -0.25) is 14.5 Å². The number of anilines is 1. The van der Waals surface area contributed by atoms with E-state index in [-0.39, 0.29) is 21.3 Å². The van der Waals surface area contributed by atoms with Gasteiger partial charge in [-0.15, -0.1) is 0 Å². The number of amides is 1. The van der Waals surface area contributed by atoms with Crippen LogP contribution in [0.4, 0.5) is 5.13 Å². The van der Waals surface area contributed by atoms with Gasteiger partial charge in [0.15, 0.2) is 5.13 Å². The number of Topliss-reactive ketones (excluding diaryl/α,β-unsaturated/α-hetero) is 1. The van der Waals surface area contributed by atoms with E-state index in [4.69, 9.17) is 9.47 Å². The Morgan fingerprint density at radius 1 is 1.06 bits per heavy atom. The van der Waals surface area contributed by atoms with Crippen LogP contribution in [-0.4, -0.2) is 42.0 Å². The number of esters is 1. The first kappa shape index (κ1) is 24.2. The number of carbonyl (C=O) groups is 3. The van der Waals surface area contributed by atoms with Gasteiger partial charge in [-0.2, -0.15) is 0 Å². The van der Waals surface area contributed by atoms with Gasteiger partial charge in [0.05, 0.1) is 31.5 Å². The summed E-state index contributed by atoms with van der Waals surface area (Å²) in [5, 5.41) is 11.5. The molecule has 4 rings (SSSR count). The van der Waals surface area contributed by atoms with Crippen molar-refractivity contribution < 1.29 is 29.0 Å². The van der Waals surface area contributed by atoms with Gasteiger partial charge in [0, 0.05) is 5.56 Å². The highest BCUT2D eigenvalue weighted by Crippen LogP contribution is 2.44. The van der Waals surface area contributed by atoms with Gasteiger partial charge in [-0.05, 0) is 50.1 Å². The minimum Gasteiger partial charge on any atom is -0.507 e. The van der Waals surface area contributed by atoms with Crippen molar-refractivity contribution in [2.75, 3.05) is 19.1 Å². The van der Waals surface area contributed by atoms with Crippen molar-refractivity contribution in [2.24, 2.45) is 0 Å². The monoisotopic (exact) mass is 492 g/mol. The fourth-order valence-electron chi connectivity index (χ4n) is 4.03. The lowest BCUT2D eigenvalue weighted by atomic mass is 9.93. The predicted molar refractivity (Wildman–Crippen MR) is 132 cm³/mol. The number of aliphatic hydroxyl groups is 1. The second-order valence-corrected chi connectivity index (χ2v) is 9.14. The number of ether oxygens (including phenoxy) is 2. The lowest BCUT2D eigenvalue weighted by Gasteiger charge is -2.23. The molecular weight excluding hydrogens is 468 g/mol. The van der Waals surface area contributed by atoms with Gasteiger partial charge < -0.3 is 14.6 Å². The number of benzene rings is 2. The number of nitrogens with zero attached hydrogens (tertiary/aromatic N) is 2. The summed E-state index contributed by atoms with van der Waals surface area (Å²) in [6, 6.07) is 11.4. The molecule has 0 saturated carbocycles. The van der Waals surface area contributed by atoms with Crippen molar-refractivity contribution >= 4 is 39.9 Å². The Kier molecular flexibility index (Phi) is 6.45. The molecule has 1 aliphatic rings. The van der Waals surface area contributed by atoms with E-state index in [0.29, 0.717) is 22.6 Å². The zero-order valence-corrected chi connectivity index (χ0v) is 20.7. The molecule has 1 amide bonds. The Balaban J connectivity index is 1.96. The lowest BCUT2D eigenvalue weighted by molar-refractivity contribution is -0.132. The van der Waals surface area contributed by atoms with E-state index >= 15 is 0 Å². The van der Waals surface area contributed by atoms with Crippen molar-refractivity contribution in [1.82, 2.24) is 4.98 Å². The summed E-state index contributed by atoms with van der Waals surface area (Å²) in [7, 11) is 2.79. The maximum Gasteiger partial charge on any atom is 0.350 e. The predicted octanol–water partition coefficient (Wildman–Crippen LogP) is 4.49. The molecule has 0 bridgehead atoms. The van der Waals surface area contributed by atoms with E-state index in [1.807, 2.05) is 26.0 Å². The van der Waals surface area contributed by atoms with Crippen molar-refractivity contribution in [2.45, 2.75) is 26.8 Å². The second-order valence-electron chi connectivity index (χ2n) is 8.16. The highest BCUT2D eigenvalue weighted by molar-refractivity contribution is 7.17. The number of rotatable bonds is 5. The number of aromatic nitrogens is 1. The first-order valence-corrected chi connectivity index (χ1v) is 11.6.